The minimum Gasteiger partial charge on any atom is -0.421 e. The number of amides is 1. The highest BCUT2D eigenvalue weighted by molar-refractivity contribution is 5.94. The average Bonchev–Trinajstić information content (AvgIpc) is 3.34. The number of carbonyl (C=O) groups is 1. The fourth-order valence-electron chi connectivity index (χ4n) is 3.99. The van der Waals surface area contributed by atoms with Crippen LogP contribution in [0.3, 0.4) is 0 Å². The number of hydrogen-bond donors (Lipinski definition) is 1. The van der Waals surface area contributed by atoms with Crippen molar-refractivity contribution in [3.63, 3.8) is 0 Å². The number of rotatable bonds is 5. The Morgan fingerprint density at radius 2 is 2.00 bits per heavy atom. The second kappa shape index (κ2) is 9.50. The number of H-pyrrole nitrogens is 1. The van der Waals surface area contributed by atoms with Crippen LogP contribution < -0.4 is 9.64 Å². The molecule has 186 valence electrons. The van der Waals surface area contributed by atoms with E-state index >= 15 is 0 Å². The summed E-state index contributed by atoms with van der Waals surface area (Å²) in [5.41, 5.74) is 1.83. The number of anilines is 1. The molecule has 0 spiro atoms. The predicted molar refractivity (Wildman–Crippen MR) is 132 cm³/mol. The van der Waals surface area contributed by atoms with Crippen molar-refractivity contribution in [2.24, 2.45) is 0 Å². The molecule has 0 saturated carbocycles. The van der Waals surface area contributed by atoms with Crippen LogP contribution >= 0.6 is 0 Å². The van der Waals surface area contributed by atoms with Gasteiger partial charge in [-0.2, -0.15) is 20.1 Å². The summed E-state index contributed by atoms with van der Waals surface area (Å²) in [7, 11) is 3.21. The lowest BCUT2D eigenvalue weighted by molar-refractivity contribution is 0.0336. The number of aromatic amines is 1. The van der Waals surface area contributed by atoms with Gasteiger partial charge in [-0.05, 0) is 50.2 Å². The van der Waals surface area contributed by atoms with Crippen molar-refractivity contribution in [2.75, 3.05) is 32.1 Å². The summed E-state index contributed by atoms with van der Waals surface area (Å²) in [6.45, 7) is 5.11. The van der Waals surface area contributed by atoms with Crippen molar-refractivity contribution in [2.45, 2.75) is 26.0 Å². The fraction of sp³-hybridized carbons (Fsp3) is 0.320. The van der Waals surface area contributed by atoms with E-state index in [1.807, 2.05) is 36.9 Å². The number of halogens is 1. The van der Waals surface area contributed by atoms with E-state index in [0.717, 1.165) is 22.5 Å². The van der Waals surface area contributed by atoms with E-state index in [0.29, 0.717) is 24.9 Å². The number of fused-ring (bicyclic) bond motifs is 1. The Labute approximate surface area is 207 Å². The highest BCUT2D eigenvalue weighted by Gasteiger charge is 2.27. The van der Waals surface area contributed by atoms with E-state index in [4.69, 9.17) is 14.5 Å². The molecule has 2 aromatic carbocycles. The molecule has 2 atom stereocenters. The third kappa shape index (κ3) is 4.69. The molecular weight excluding hydrogens is 465 g/mol. The van der Waals surface area contributed by atoms with E-state index < -0.39 is 5.82 Å². The van der Waals surface area contributed by atoms with Crippen LogP contribution in [0.4, 0.5) is 10.3 Å². The molecule has 0 aliphatic carbocycles. The van der Waals surface area contributed by atoms with Crippen molar-refractivity contribution in [1.29, 1.82) is 0 Å². The van der Waals surface area contributed by atoms with Crippen molar-refractivity contribution in [3.8, 4) is 23.1 Å². The Balaban J connectivity index is 1.55. The van der Waals surface area contributed by atoms with Gasteiger partial charge >= 0.3 is 6.01 Å². The molecule has 3 heterocycles. The third-order valence-electron chi connectivity index (χ3n) is 5.95. The maximum Gasteiger partial charge on any atom is 0.327 e. The molecule has 2 aromatic heterocycles. The van der Waals surface area contributed by atoms with Crippen LogP contribution in [0, 0.1) is 5.82 Å². The first-order valence-electron chi connectivity index (χ1n) is 11.6. The van der Waals surface area contributed by atoms with E-state index in [2.05, 4.69) is 20.2 Å². The predicted octanol–water partition coefficient (Wildman–Crippen LogP) is 3.66. The van der Waals surface area contributed by atoms with Crippen molar-refractivity contribution in [3.05, 3.63) is 54.0 Å². The molecule has 1 amide bonds. The lowest BCUT2D eigenvalue weighted by atomic mass is 10.1. The summed E-state index contributed by atoms with van der Waals surface area (Å²) in [6.07, 6.45) is 1.71. The molecule has 1 fully saturated rings. The quantitative estimate of drug-likeness (QED) is 0.451. The number of aromatic nitrogens is 5. The van der Waals surface area contributed by atoms with Gasteiger partial charge in [0.2, 0.25) is 5.95 Å². The van der Waals surface area contributed by atoms with Crippen LogP contribution in [0.15, 0.2) is 42.6 Å². The zero-order chi connectivity index (χ0) is 25.4. The van der Waals surface area contributed by atoms with Gasteiger partial charge in [-0.25, -0.2) is 4.39 Å². The van der Waals surface area contributed by atoms with Crippen LogP contribution in [0.5, 0.6) is 11.8 Å². The first kappa shape index (κ1) is 23.6. The second-order valence-electron chi connectivity index (χ2n) is 9.01. The highest BCUT2D eigenvalue weighted by Crippen LogP contribution is 2.29. The van der Waals surface area contributed by atoms with Gasteiger partial charge < -0.3 is 19.3 Å². The topological polar surface area (TPSA) is 109 Å². The molecule has 4 aromatic rings. The summed E-state index contributed by atoms with van der Waals surface area (Å²) in [5.74, 6) is -0.314. The van der Waals surface area contributed by atoms with Crippen LogP contribution in [-0.4, -0.2) is 75.3 Å². The molecule has 1 N–H and O–H groups in total. The van der Waals surface area contributed by atoms with Crippen LogP contribution in [0.1, 0.15) is 24.2 Å². The van der Waals surface area contributed by atoms with Gasteiger partial charge in [0.05, 0.1) is 30.5 Å². The molecule has 0 bridgehead atoms. The second-order valence-corrected chi connectivity index (χ2v) is 9.01. The van der Waals surface area contributed by atoms with Gasteiger partial charge in [0.1, 0.15) is 0 Å². The number of nitrogens with one attached hydrogen (secondary N) is 1. The van der Waals surface area contributed by atoms with Crippen LogP contribution in [0.25, 0.3) is 22.3 Å². The van der Waals surface area contributed by atoms with Crippen LogP contribution in [-0.2, 0) is 4.74 Å². The molecule has 1 saturated heterocycles. The van der Waals surface area contributed by atoms with E-state index in [-0.39, 0.29) is 35.4 Å². The smallest absolute Gasteiger partial charge is 0.327 e. The molecule has 1 aliphatic rings. The maximum absolute atomic E-state index is 14.9. The number of ether oxygens (including phenoxy) is 2. The SMILES string of the molecule is CC1CO[C@@H](C)CN1c1nc(Oc2ccc(C(=O)N(C)C)cc2F)nc(-c2ccc3[nH]ncc3c2)n1. The minimum atomic E-state index is -0.695. The van der Waals surface area contributed by atoms with E-state index in [1.54, 1.807) is 20.3 Å². The zero-order valence-corrected chi connectivity index (χ0v) is 20.4. The molecule has 36 heavy (non-hydrogen) atoms. The summed E-state index contributed by atoms with van der Waals surface area (Å²) in [6, 6.07) is 9.68. The zero-order valence-electron chi connectivity index (χ0n) is 20.4. The normalized spacial score (nSPS) is 17.9. The van der Waals surface area contributed by atoms with Gasteiger partial charge in [-0.1, -0.05) is 0 Å². The van der Waals surface area contributed by atoms with Crippen molar-refractivity contribution < 1.29 is 18.7 Å². The number of morpholine rings is 1. The van der Waals surface area contributed by atoms with Gasteiger partial charge in [-0.3, -0.25) is 9.89 Å². The number of nitrogens with zero attached hydrogens (tertiary/aromatic N) is 6. The lowest BCUT2D eigenvalue weighted by Crippen LogP contribution is -2.48. The Kier molecular flexibility index (Phi) is 6.23. The summed E-state index contributed by atoms with van der Waals surface area (Å²) < 4.78 is 26.4. The number of hydrogen-bond acceptors (Lipinski definition) is 8. The monoisotopic (exact) mass is 491 g/mol. The molecule has 10 nitrogen and oxygen atoms in total. The van der Waals surface area contributed by atoms with Crippen LogP contribution in [0.2, 0.25) is 0 Å². The number of benzene rings is 2. The molecular formula is C25H26FN7O3. The largest absolute Gasteiger partial charge is 0.421 e. The van der Waals surface area contributed by atoms with Gasteiger partial charge in [-0.15, -0.1) is 0 Å². The highest BCUT2D eigenvalue weighted by atomic mass is 19.1. The van der Waals surface area contributed by atoms with Crippen molar-refractivity contribution in [1.82, 2.24) is 30.0 Å². The molecule has 5 rings (SSSR count). The average molecular weight is 492 g/mol. The van der Waals surface area contributed by atoms with Gasteiger partial charge in [0.25, 0.3) is 5.91 Å². The van der Waals surface area contributed by atoms with E-state index in [9.17, 15) is 9.18 Å². The summed E-state index contributed by atoms with van der Waals surface area (Å²) in [4.78, 5) is 29.3. The Morgan fingerprint density at radius 3 is 2.78 bits per heavy atom. The lowest BCUT2D eigenvalue weighted by Gasteiger charge is -2.36. The molecule has 1 aliphatic heterocycles. The third-order valence-corrected chi connectivity index (χ3v) is 5.95. The Bertz CT molecular complexity index is 1420. The maximum atomic E-state index is 14.9. The minimum absolute atomic E-state index is 0.00714. The summed E-state index contributed by atoms with van der Waals surface area (Å²) in [5, 5.41) is 7.89. The summed E-state index contributed by atoms with van der Waals surface area (Å²) >= 11 is 0. The van der Waals surface area contributed by atoms with E-state index in [1.165, 1.54) is 17.0 Å². The molecule has 0 radical (unpaired) electrons. The Hall–Kier alpha value is -4.12. The first-order chi connectivity index (χ1) is 17.3. The number of carbonyl (C=O) groups excluding carboxylic acids is 1. The standard InChI is InChI=1S/C25H26FN7O3/c1-14-13-35-15(2)12-33(14)24-28-22(16-5-7-20-18(9-16)11-27-31-20)29-25(30-24)36-21-8-6-17(10-19(21)26)23(34)32(3)4/h5-11,14-15H,12-13H2,1-4H3,(H,27,31)/t14?,15-/m0/s1. The fourth-order valence-corrected chi connectivity index (χ4v) is 3.99. The molecule has 11 heteroatoms. The first-order valence-corrected chi connectivity index (χ1v) is 11.6. The van der Waals surface area contributed by atoms with Gasteiger partial charge in [0.15, 0.2) is 17.4 Å². The van der Waals surface area contributed by atoms with Gasteiger partial charge in [0, 0.05) is 37.2 Å². The van der Waals surface area contributed by atoms with Crippen molar-refractivity contribution >= 4 is 22.8 Å². The molecule has 1 unspecified atom stereocenters. The Morgan fingerprint density at radius 1 is 1.17 bits per heavy atom.